The number of rotatable bonds is 3. The quantitative estimate of drug-likeness (QED) is 0.758. The molecule has 14 heavy (non-hydrogen) atoms. The molecule has 0 radical (unpaired) electrons. The second-order valence-corrected chi connectivity index (χ2v) is 4.37. The number of halogens is 3. The molecule has 0 unspecified atom stereocenters. The van der Waals surface area contributed by atoms with Gasteiger partial charge in [0.05, 0.1) is 6.61 Å². The molecule has 4 heteroatoms. The Kier molecular flexibility index (Phi) is 2.72. The van der Waals surface area contributed by atoms with Crippen LogP contribution in [0.1, 0.15) is 12.8 Å². The maximum absolute atomic E-state index is 13.1. The third kappa shape index (κ3) is 2.23. The van der Waals surface area contributed by atoms with Gasteiger partial charge in [0.15, 0.2) is 11.6 Å². The predicted molar refractivity (Wildman–Crippen MR) is 52.3 cm³/mol. The van der Waals surface area contributed by atoms with Gasteiger partial charge < -0.3 is 4.74 Å². The van der Waals surface area contributed by atoms with Crippen LogP contribution in [0.15, 0.2) is 16.6 Å². The fourth-order valence-electron chi connectivity index (χ4n) is 1.13. The summed E-state index contributed by atoms with van der Waals surface area (Å²) in [5.74, 6) is -1.28. The van der Waals surface area contributed by atoms with Gasteiger partial charge in [-0.3, -0.25) is 0 Å². The molecule has 76 valence electrons. The van der Waals surface area contributed by atoms with E-state index in [0.29, 0.717) is 17.0 Å². The molecule has 0 atom stereocenters. The van der Waals surface area contributed by atoms with Gasteiger partial charge >= 0.3 is 0 Å². The van der Waals surface area contributed by atoms with Gasteiger partial charge in [-0.1, -0.05) is 15.9 Å². The second-order valence-electron chi connectivity index (χ2n) is 3.45. The number of ether oxygens (including phenoxy) is 1. The van der Waals surface area contributed by atoms with Crippen LogP contribution in [0.4, 0.5) is 8.78 Å². The Morgan fingerprint density at radius 1 is 1.36 bits per heavy atom. The maximum Gasteiger partial charge on any atom is 0.200 e. The molecule has 1 aromatic carbocycles. The zero-order valence-electron chi connectivity index (χ0n) is 7.40. The van der Waals surface area contributed by atoms with E-state index >= 15 is 0 Å². The summed E-state index contributed by atoms with van der Waals surface area (Å²) >= 11 is 3.08. The summed E-state index contributed by atoms with van der Waals surface area (Å²) in [4.78, 5) is 0. The van der Waals surface area contributed by atoms with Gasteiger partial charge in [-0.2, -0.15) is 4.39 Å². The van der Waals surface area contributed by atoms with Crippen molar-refractivity contribution in [3.63, 3.8) is 0 Å². The molecule has 0 aliphatic heterocycles. The van der Waals surface area contributed by atoms with Crippen LogP contribution in [0.3, 0.4) is 0 Å². The summed E-state index contributed by atoms with van der Waals surface area (Å²) < 4.78 is 31.7. The number of benzene rings is 1. The molecule has 1 aromatic rings. The molecular formula is C10H9BrF2O. The first-order valence-electron chi connectivity index (χ1n) is 4.44. The minimum Gasteiger partial charge on any atom is -0.490 e. The maximum atomic E-state index is 13.1. The average Bonchev–Trinajstić information content (AvgIpc) is 2.92. The van der Waals surface area contributed by atoms with Crippen LogP contribution >= 0.6 is 15.9 Å². The first kappa shape index (κ1) is 9.90. The molecule has 0 spiro atoms. The minimum atomic E-state index is -0.908. The lowest BCUT2D eigenvalue weighted by molar-refractivity contribution is 0.280. The molecule has 0 bridgehead atoms. The van der Waals surface area contributed by atoms with Gasteiger partial charge in [-0.25, -0.2) is 4.39 Å². The first-order valence-corrected chi connectivity index (χ1v) is 5.23. The van der Waals surface area contributed by atoms with Crippen LogP contribution in [0.5, 0.6) is 5.75 Å². The fourth-order valence-corrected chi connectivity index (χ4v) is 1.54. The lowest BCUT2D eigenvalue weighted by Gasteiger charge is -2.07. The van der Waals surface area contributed by atoms with Gasteiger partial charge in [0.1, 0.15) is 0 Å². The summed E-state index contributed by atoms with van der Waals surface area (Å²) in [5.41, 5.74) is 0. The van der Waals surface area contributed by atoms with Crippen LogP contribution in [-0.2, 0) is 0 Å². The van der Waals surface area contributed by atoms with Crippen molar-refractivity contribution in [2.75, 3.05) is 6.61 Å². The van der Waals surface area contributed by atoms with E-state index in [-0.39, 0.29) is 5.75 Å². The molecule has 0 N–H and O–H groups in total. The Morgan fingerprint density at radius 3 is 2.71 bits per heavy atom. The fraction of sp³-hybridized carbons (Fsp3) is 0.400. The van der Waals surface area contributed by atoms with Crippen LogP contribution in [-0.4, -0.2) is 6.61 Å². The van der Waals surface area contributed by atoms with Crippen molar-refractivity contribution in [1.82, 2.24) is 0 Å². The molecule has 1 nitrogen and oxygen atoms in total. The molecule has 0 saturated heterocycles. The Morgan fingerprint density at radius 2 is 2.07 bits per heavy atom. The Balaban J connectivity index is 2.13. The van der Waals surface area contributed by atoms with Crippen molar-refractivity contribution < 1.29 is 13.5 Å². The zero-order valence-corrected chi connectivity index (χ0v) is 8.98. The highest BCUT2D eigenvalue weighted by atomic mass is 79.9. The predicted octanol–water partition coefficient (Wildman–Crippen LogP) is 3.52. The summed E-state index contributed by atoms with van der Waals surface area (Å²) in [6.07, 6.45) is 2.25. The highest BCUT2D eigenvalue weighted by Crippen LogP contribution is 2.31. The second kappa shape index (κ2) is 3.85. The molecule has 1 fully saturated rings. The highest BCUT2D eigenvalue weighted by molar-refractivity contribution is 9.10. The Labute approximate surface area is 89.2 Å². The van der Waals surface area contributed by atoms with Crippen molar-refractivity contribution >= 4 is 15.9 Å². The van der Waals surface area contributed by atoms with E-state index in [0.717, 1.165) is 18.9 Å². The van der Waals surface area contributed by atoms with Gasteiger partial charge in [0.25, 0.3) is 0 Å². The molecule has 1 saturated carbocycles. The summed E-state index contributed by atoms with van der Waals surface area (Å²) in [6, 6.07) is 2.53. The van der Waals surface area contributed by atoms with Crippen molar-refractivity contribution in [1.29, 1.82) is 0 Å². The lowest BCUT2D eigenvalue weighted by Crippen LogP contribution is -2.02. The lowest BCUT2D eigenvalue weighted by atomic mass is 10.3. The van der Waals surface area contributed by atoms with Crippen LogP contribution in [0.25, 0.3) is 0 Å². The van der Waals surface area contributed by atoms with E-state index in [1.165, 1.54) is 6.07 Å². The van der Waals surface area contributed by atoms with Crippen LogP contribution in [0.2, 0.25) is 0 Å². The van der Waals surface area contributed by atoms with Crippen LogP contribution < -0.4 is 4.74 Å². The smallest absolute Gasteiger partial charge is 0.200 e. The van der Waals surface area contributed by atoms with Gasteiger partial charge in [-0.15, -0.1) is 0 Å². The third-order valence-corrected chi connectivity index (χ3v) is 2.59. The zero-order chi connectivity index (χ0) is 10.1. The third-order valence-electron chi connectivity index (χ3n) is 2.13. The van der Waals surface area contributed by atoms with E-state index in [9.17, 15) is 8.78 Å². The normalized spacial score (nSPS) is 15.6. The number of hydrogen-bond donors (Lipinski definition) is 0. The van der Waals surface area contributed by atoms with Crippen molar-refractivity contribution in [3.05, 3.63) is 28.2 Å². The van der Waals surface area contributed by atoms with Crippen molar-refractivity contribution in [2.24, 2.45) is 5.92 Å². The van der Waals surface area contributed by atoms with E-state index in [1.54, 1.807) is 0 Å². The van der Waals surface area contributed by atoms with E-state index in [2.05, 4.69) is 15.9 Å². The van der Waals surface area contributed by atoms with Gasteiger partial charge in [0, 0.05) is 4.47 Å². The monoisotopic (exact) mass is 262 g/mol. The Hall–Kier alpha value is -0.640. The summed E-state index contributed by atoms with van der Waals surface area (Å²) in [6.45, 7) is 0.479. The molecule has 1 aliphatic carbocycles. The summed E-state index contributed by atoms with van der Waals surface area (Å²) in [7, 11) is 0. The molecule has 0 amide bonds. The first-order chi connectivity index (χ1) is 6.66. The highest BCUT2D eigenvalue weighted by Gasteiger charge is 2.23. The van der Waals surface area contributed by atoms with Gasteiger partial charge in [0.2, 0.25) is 5.82 Å². The largest absolute Gasteiger partial charge is 0.490 e. The summed E-state index contributed by atoms with van der Waals surface area (Å²) in [5, 5.41) is 0. The van der Waals surface area contributed by atoms with Crippen molar-refractivity contribution in [3.8, 4) is 5.75 Å². The molecule has 0 aromatic heterocycles. The molecule has 1 aliphatic rings. The minimum absolute atomic E-state index is 0.0104. The number of hydrogen-bond acceptors (Lipinski definition) is 1. The van der Waals surface area contributed by atoms with Crippen molar-refractivity contribution in [2.45, 2.75) is 12.8 Å². The standard InChI is InChI=1S/C10H9BrF2O/c11-7-3-8(12)10(13)9(4-7)14-5-6-1-2-6/h3-4,6H,1-2,5H2. The average molecular weight is 263 g/mol. The topological polar surface area (TPSA) is 9.23 Å². The van der Waals surface area contributed by atoms with E-state index in [4.69, 9.17) is 4.74 Å². The van der Waals surface area contributed by atoms with Gasteiger partial charge in [-0.05, 0) is 30.9 Å². The van der Waals surface area contributed by atoms with E-state index < -0.39 is 11.6 Å². The van der Waals surface area contributed by atoms with Crippen LogP contribution in [0, 0.1) is 17.6 Å². The molecular weight excluding hydrogens is 254 g/mol. The molecule has 2 rings (SSSR count). The Bertz CT molecular complexity index is 350. The SMILES string of the molecule is Fc1cc(Br)cc(OCC2CC2)c1F. The van der Waals surface area contributed by atoms with E-state index in [1.807, 2.05) is 0 Å². The molecule has 0 heterocycles.